The van der Waals surface area contributed by atoms with Gasteiger partial charge >= 0.3 is 0 Å². The number of hydrogen-bond acceptors (Lipinski definition) is 2. The largest absolute Gasteiger partial charge is 0.303 e. The monoisotopic (exact) mass is 226 g/mol. The first-order valence-corrected chi connectivity index (χ1v) is 7.49. The van der Waals surface area contributed by atoms with Gasteiger partial charge in [0.05, 0.1) is 5.75 Å². The van der Waals surface area contributed by atoms with Crippen molar-refractivity contribution in [2.45, 2.75) is 6.42 Å². The summed E-state index contributed by atoms with van der Waals surface area (Å²) in [5.41, 5.74) is 1.49. The van der Waals surface area contributed by atoms with Gasteiger partial charge < -0.3 is 4.55 Å². The topological polar surface area (TPSA) is 54.4 Å². The van der Waals surface area contributed by atoms with Gasteiger partial charge in [0.1, 0.15) is 0 Å². The van der Waals surface area contributed by atoms with Crippen LogP contribution in [-0.2, 0) is 15.8 Å². The van der Waals surface area contributed by atoms with Gasteiger partial charge in [0.2, 0.25) is 0 Å². The van der Waals surface area contributed by atoms with Crippen molar-refractivity contribution in [2.75, 3.05) is 17.8 Å². The molecular formula is C11H14O3S. The third-order valence-corrected chi connectivity index (χ3v) is 4.97. The van der Waals surface area contributed by atoms with Crippen LogP contribution in [0.2, 0.25) is 0 Å². The van der Waals surface area contributed by atoms with Crippen molar-refractivity contribution in [3.8, 4) is 0 Å². The van der Waals surface area contributed by atoms with Crippen LogP contribution < -0.4 is 0 Å². The number of carbonyl (C=O) groups excluding carboxylic acids is 1. The van der Waals surface area contributed by atoms with Gasteiger partial charge in [-0.15, -0.1) is 0 Å². The number of fused-ring (bicyclic) bond motifs is 1. The third-order valence-electron chi connectivity index (χ3n) is 2.71. The molecule has 15 heavy (non-hydrogen) atoms. The first kappa shape index (κ1) is 10.5. The van der Waals surface area contributed by atoms with E-state index in [2.05, 4.69) is 0 Å². The summed E-state index contributed by atoms with van der Waals surface area (Å²) in [6.45, 7) is 0. The maximum Gasteiger partial charge on any atom is 0.181 e. The van der Waals surface area contributed by atoms with Crippen molar-refractivity contribution in [1.82, 2.24) is 0 Å². The molecule has 0 spiro atoms. The number of carbonyl (C=O) groups is 1. The molecule has 0 amide bonds. The molecule has 2 rings (SSSR count). The lowest BCUT2D eigenvalue weighted by Gasteiger charge is -2.36. The molecule has 1 N–H and O–H groups in total. The second-order valence-electron chi connectivity index (χ2n) is 4.38. The van der Waals surface area contributed by atoms with Gasteiger partial charge in [0, 0.05) is 17.6 Å². The number of hydrogen-bond donors (Lipinski definition) is 1. The number of rotatable bonds is 0. The third kappa shape index (κ3) is 2.16. The van der Waals surface area contributed by atoms with Gasteiger partial charge in [0.25, 0.3) is 0 Å². The maximum absolute atomic E-state index is 12.0. The minimum Gasteiger partial charge on any atom is -0.303 e. The minimum atomic E-state index is -3.72. The Kier molecular flexibility index (Phi) is 2.10. The van der Waals surface area contributed by atoms with Crippen LogP contribution in [0.15, 0.2) is 24.3 Å². The maximum atomic E-state index is 12.0. The van der Waals surface area contributed by atoms with Gasteiger partial charge in [-0.2, -0.15) is 9.35 Å². The molecular weight excluding hydrogens is 212 g/mol. The lowest BCUT2D eigenvalue weighted by Crippen LogP contribution is -2.40. The molecule has 0 unspecified atom stereocenters. The summed E-state index contributed by atoms with van der Waals surface area (Å²) in [7, 11) is -3.72. The van der Waals surface area contributed by atoms with Crippen LogP contribution in [0.5, 0.6) is 0 Å². The Morgan fingerprint density at radius 3 is 2.73 bits per heavy atom. The summed E-state index contributed by atoms with van der Waals surface area (Å²) in [5.74, 6) is -0.279. The Labute approximate surface area is 88.7 Å². The summed E-state index contributed by atoms with van der Waals surface area (Å²) in [6.07, 6.45) is 1.81. The molecule has 1 aliphatic rings. The number of aryl methyl sites for hydroxylation is 1. The summed E-state index contributed by atoms with van der Waals surface area (Å²) >= 11 is 0. The zero-order chi connectivity index (χ0) is 11.1. The van der Waals surface area contributed by atoms with Crippen molar-refractivity contribution in [2.24, 2.45) is 0 Å². The van der Waals surface area contributed by atoms with Crippen LogP contribution in [0.4, 0.5) is 0 Å². The standard InChI is InChI=1S/C11H14O3S/c1-15(13,14)7-6-9-4-2-3-5-10(9)11(12)8-15/h2-5H,6-8H2,1H3,(H,13,14). The van der Waals surface area contributed by atoms with Gasteiger partial charge in [-0.05, 0) is 12.0 Å². The Balaban J connectivity index is 2.51. The normalized spacial score (nSPS) is 25.7. The highest BCUT2D eigenvalue weighted by atomic mass is 32.3. The molecule has 3 nitrogen and oxygen atoms in total. The smallest absolute Gasteiger partial charge is 0.181 e. The molecule has 1 aromatic carbocycles. The van der Waals surface area contributed by atoms with Crippen molar-refractivity contribution in [3.63, 3.8) is 0 Å². The first-order chi connectivity index (χ1) is 6.85. The van der Waals surface area contributed by atoms with Gasteiger partial charge in [0.15, 0.2) is 5.78 Å². The molecule has 82 valence electrons. The van der Waals surface area contributed by atoms with Crippen LogP contribution in [0, 0.1) is 0 Å². The number of ketones is 1. The van der Waals surface area contributed by atoms with E-state index < -0.39 is 9.35 Å². The predicted molar refractivity (Wildman–Crippen MR) is 60.9 cm³/mol. The Morgan fingerprint density at radius 2 is 2.00 bits per heavy atom. The molecule has 0 saturated carbocycles. The summed E-state index contributed by atoms with van der Waals surface area (Å²) in [6, 6.07) is 7.21. The number of benzene rings is 1. The van der Waals surface area contributed by atoms with Crippen LogP contribution in [0.3, 0.4) is 0 Å². The first-order valence-electron chi connectivity index (χ1n) is 4.82. The summed E-state index contributed by atoms with van der Waals surface area (Å²) in [5, 5.41) is 0. The van der Waals surface area contributed by atoms with Crippen molar-refractivity contribution in [3.05, 3.63) is 35.4 Å². The Bertz CT molecular complexity index is 484. The fraction of sp³-hybridized carbons (Fsp3) is 0.364. The van der Waals surface area contributed by atoms with Gasteiger partial charge in [-0.25, -0.2) is 4.21 Å². The molecule has 0 aromatic heterocycles. The molecule has 0 saturated heterocycles. The van der Waals surface area contributed by atoms with Crippen LogP contribution in [0.1, 0.15) is 15.9 Å². The highest BCUT2D eigenvalue weighted by molar-refractivity contribution is 8.15. The fourth-order valence-electron chi connectivity index (χ4n) is 1.87. The van der Waals surface area contributed by atoms with E-state index in [9.17, 15) is 13.6 Å². The van der Waals surface area contributed by atoms with E-state index in [0.717, 1.165) is 5.56 Å². The second-order valence-corrected chi connectivity index (χ2v) is 8.47. The van der Waals surface area contributed by atoms with Crippen molar-refractivity contribution < 1.29 is 13.6 Å². The Morgan fingerprint density at radius 1 is 1.33 bits per heavy atom. The molecule has 1 heterocycles. The van der Waals surface area contributed by atoms with E-state index >= 15 is 0 Å². The van der Waals surface area contributed by atoms with E-state index in [-0.39, 0.29) is 17.3 Å². The number of Topliss-reactive ketones (excluding diaryl/α,β-unsaturated/α-hetero) is 1. The summed E-state index contributed by atoms with van der Waals surface area (Å²) in [4.78, 5) is 11.8. The molecule has 0 bridgehead atoms. The van der Waals surface area contributed by atoms with Crippen LogP contribution >= 0.6 is 0 Å². The van der Waals surface area contributed by atoms with Crippen LogP contribution in [-0.4, -0.2) is 32.3 Å². The van der Waals surface area contributed by atoms with Crippen molar-refractivity contribution in [1.29, 1.82) is 0 Å². The van der Waals surface area contributed by atoms with Gasteiger partial charge in [-0.3, -0.25) is 4.79 Å². The lowest BCUT2D eigenvalue weighted by atomic mass is 10.0. The van der Waals surface area contributed by atoms with Crippen LogP contribution in [0.25, 0.3) is 0 Å². The molecule has 4 heteroatoms. The van der Waals surface area contributed by atoms with E-state index in [4.69, 9.17) is 0 Å². The minimum absolute atomic E-state index is 0.181. The molecule has 0 aliphatic carbocycles. The lowest BCUT2D eigenvalue weighted by molar-refractivity contribution is 0.101. The second kappa shape index (κ2) is 3.00. The fourth-order valence-corrected chi connectivity index (χ4v) is 3.58. The summed E-state index contributed by atoms with van der Waals surface area (Å²) < 4.78 is 21.9. The van der Waals surface area contributed by atoms with E-state index in [1.807, 2.05) is 12.1 Å². The average molecular weight is 226 g/mol. The molecule has 0 radical (unpaired) electrons. The zero-order valence-electron chi connectivity index (χ0n) is 8.60. The predicted octanol–water partition coefficient (Wildman–Crippen LogP) is 1.35. The molecule has 1 aromatic rings. The van der Waals surface area contributed by atoms with E-state index in [1.54, 1.807) is 12.1 Å². The highest BCUT2D eigenvalue weighted by Crippen LogP contribution is 2.26. The van der Waals surface area contributed by atoms with Gasteiger partial charge in [-0.1, -0.05) is 24.3 Å². The van der Waals surface area contributed by atoms with Crippen molar-refractivity contribution >= 4 is 15.1 Å². The molecule has 0 atom stereocenters. The molecule has 0 fully saturated rings. The highest BCUT2D eigenvalue weighted by Gasteiger charge is 2.30. The molecule has 1 aliphatic heterocycles. The quantitative estimate of drug-likeness (QED) is 0.726. The average Bonchev–Trinajstić information content (AvgIpc) is 2.22. The SMILES string of the molecule is CS1(=O)(O)CCc2ccccc2C(=O)C1. The van der Waals surface area contributed by atoms with E-state index in [0.29, 0.717) is 12.0 Å². The van der Waals surface area contributed by atoms with E-state index in [1.165, 1.54) is 6.26 Å². The zero-order valence-corrected chi connectivity index (χ0v) is 9.42. The Hall–Kier alpha value is -1.00.